The van der Waals surface area contributed by atoms with E-state index >= 15 is 0 Å². The third kappa shape index (κ3) is 4.00. The first-order chi connectivity index (χ1) is 14.4. The summed E-state index contributed by atoms with van der Waals surface area (Å²) in [6.07, 6.45) is 5.62. The predicted octanol–water partition coefficient (Wildman–Crippen LogP) is 3.39. The van der Waals surface area contributed by atoms with E-state index in [2.05, 4.69) is 15.6 Å². The highest BCUT2D eigenvalue weighted by atomic mass is 32.1. The lowest BCUT2D eigenvalue weighted by atomic mass is 10.1. The minimum Gasteiger partial charge on any atom is -0.349 e. The number of benzene rings is 1. The van der Waals surface area contributed by atoms with E-state index < -0.39 is 0 Å². The highest BCUT2D eigenvalue weighted by Gasteiger charge is 2.20. The number of carbonyl (C=O) groups excluding carboxylic acids is 2. The Morgan fingerprint density at radius 2 is 1.93 bits per heavy atom. The van der Waals surface area contributed by atoms with Gasteiger partial charge in [0.2, 0.25) is 5.91 Å². The lowest BCUT2D eigenvalue weighted by molar-refractivity contribution is -0.116. The molecule has 2 N–H and O–H groups in total. The molecule has 3 aromatic rings. The fourth-order valence-electron chi connectivity index (χ4n) is 3.85. The fraction of sp³-hybridized carbons (Fsp3) is 0.364. The first-order valence-corrected chi connectivity index (χ1v) is 10.9. The molecule has 0 atom stereocenters. The molecule has 8 heteroatoms. The van der Waals surface area contributed by atoms with Gasteiger partial charge in [0.1, 0.15) is 11.4 Å². The number of aryl methyl sites for hydroxylation is 2. The number of aromatic nitrogens is 2. The average molecular weight is 425 g/mol. The lowest BCUT2D eigenvalue weighted by Crippen LogP contribution is -2.33. The van der Waals surface area contributed by atoms with E-state index in [1.165, 1.54) is 22.2 Å². The molecule has 1 aliphatic carbocycles. The first-order valence-electron chi connectivity index (χ1n) is 10.1. The summed E-state index contributed by atoms with van der Waals surface area (Å²) in [6.45, 7) is 3.67. The molecule has 2 amide bonds. The molecule has 0 unspecified atom stereocenters. The van der Waals surface area contributed by atoms with Crippen LogP contribution in [0.2, 0.25) is 0 Å². The largest absolute Gasteiger partial charge is 0.349 e. The number of hydrogen-bond acceptors (Lipinski definition) is 5. The van der Waals surface area contributed by atoms with E-state index in [1.54, 1.807) is 24.3 Å². The van der Waals surface area contributed by atoms with Crippen molar-refractivity contribution in [2.45, 2.75) is 52.1 Å². The summed E-state index contributed by atoms with van der Waals surface area (Å²) in [7, 11) is 0. The van der Waals surface area contributed by atoms with Crippen molar-refractivity contribution in [1.29, 1.82) is 0 Å². The van der Waals surface area contributed by atoms with Crippen LogP contribution in [-0.4, -0.2) is 27.4 Å². The van der Waals surface area contributed by atoms with Crippen LogP contribution in [0, 0.1) is 13.8 Å². The number of anilines is 1. The Morgan fingerprint density at radius 3 is 2.70 bits per heavy atom. The van der Waals surface area contributed by atoms with Crippen molar-refractivity contribution < 1.29 is 9.59 Å². The van der Waals surface area contributed by atoms with Crippen LogP contribution >= 0.6 is 11.3 Å². The molecule has 2 aromatic heterocycles. The van der Waals surface area contributed by atoms with Crippen molar-refractivity contribution in [2.24, 2.45) is 0 Å². The molecule has 156 valence electrons. The molecule has 0 aliphatic heterocycles. The van der Waals surface area contributed by atoms with Crippen LogP contribution in [0.1, 0.15) is 46.5 Å². The quantitative estimate of drug-likeness (QED) is 0.657. The van der Waals surface area contributed by atoms with Gasteiger partial charge in [-0.05, 0) is 44.4 Å². The van der Waals surface area contributed by atoms with Gasteiger partial charge in [-0.15, -0.1) is 11.3 Å². The molecule has 1 saturated carbocycles. The maximum atomic E-state index is 12.8. The molecule has 7 nitrogen and oxygen atoms in total. The van der Waals surface area contributed by atoms with E-state index in [9.17, 15) is 14.4 Å². The zero-order valence-corrected chi connectivity index (χ0v) is 17.8. The first kappa shape index (κ1) is 20.3. The Balaban J connectivity index is 1.52. The van der Waals surface area contributed by atoms with E-state index in [0.29, 0.717) is 21.5 Å². The summed E-state index contributed by atoms with van der Waals surface area (Å²) in [5.41, 5.74) is 1.52. The molecular weight excluding hydrogens is 400 g/mol. The second-order valence-corrected chi connectivity index (χ2v) is 8.89. The highest BCUT2D eigenvalue weighted by Crippen LogP contribution is 2.25. The van der Waals surface area contributed by atoms with E-state index in [4.69, 9.17) is 0 Å². The van der Waals surface area contributed by atoms with E-state index in [1.807, 2.05) is 13.8 Å². The SMILES string of the molecule is Cc1sc2ncn(CC(=O)Nc3ccccc3C(=O)NC3CCCC3)c(=O)c2c1C. The second-order valence-electron chi connectivity index (χ2n) is 7.69. The lowest BCUT2D eigenvalue weighted by Gasteiger charge is -2.15. The number of thiophene rings is 1. The Labute approximate surface area is 178 Å². The summed E-state index contributed by atoms with van der Waals surface area (Å²) >= 11 is 1.47. The van der Waals surface area contributed by atoms with Gasteiger partial charge in [-0.25, -0.2) is 4.98 Å². The van der Waals surface area contributed by atoms with Gasteiger partial charge in [-0.3, -0.25) is 19.0 Å². The standard InChI is InChI=1S/C22H24N4O3S/c1-13-14(2)30-21-19(13)22(29)26(12-23-21)11-18(27)25-17-10-6-5-9-16(17)20(28)24-15-7-3-4-8-15/h5-6,9-10,12,15H,3-4,7-8,11H2,1-2H3,(H,24,28)(H,25,27). The zero-order valence-electron chi connectivity index (χ0n) is 17.0. The molecule has 1 aromatic carbocycles. The maximum absolute atomic E-state index is 12.8. The molecule has 0 radical (unpaired) electrons. The molecular formula is C22H24N4O3S. The maximum Gasteiger partial charge on any atom is 0.262 e. The third-order valence-corrected chi connectivity index (χ3v) is 6.72. The van der Waals surface area contributed by atoms with Gasteiger partial charge in [0, 0.05) is 10.9 Å². The van der Waals surface area contributed by atoms with Gasteiger partial charge in [-0.2, -0.15) is 0 Å². The Morgan fingerprint density at radius 1 is 1.20 bits per heavy atom. The van der Waals surface area contributed by atoms with Crippen molar-refractivity contribution in [3.05, 3.63) is 57.0 Å². The fourth-order valence-corrected chi connectivity index (χ4v) is 4.84. The molecule has 1 fully saturated rings. The smallest absolute Gasteiger partial charge is 0.262 e. The van der Waals surface area contributed by atoms with Crippen molar-refractivity contribution >= 4 is 39.1 Å². The number of nitrogens with one attached hydrogen (secondary N) is 2. The van der Waals surface area contributed by atoms with Crippen LogP contribution in [-0.2, 0) is 11.3 Å². The Hall–Kier alpha value is -3.00. The van der Waals surface area contributed by atoms with Crippen LogP contribution in [0.3, 0.4) is 0 Å². The zero-order chi connectivity index (χ0) is 21.3. The van der Waals surface area contributed by atoms with Crippen LogP contribution in [0.4, 0.5) is 5.69 Å². The third-order valence-electron chi connectivity index (χ3n) is 5.61. The summed E-state index contributed by atoms with van der Waals surface area (Å²) in [5, 5.41) is 6.38. The molecule has 0 spiro atoms. The van der Waals surface area contributed by atoms with Crippen LogP contribution in [0.5, 0.6) is 0 Å². The van der Waals surface area contributed by atoms with Crippen LogP contribution in [0.15, 0.2) is 35.4 Å². The van der Waals surface area contributed by atoms with Gasteiger partial charge in [0.25, 0.3) is 11.5 Å². The summed E-state index contributed by atoms with van der Waals surface area (Å²) < 4.78 is 1.30. The number of carbonyl (C=O) groups is 2. The van der Waals surface area contributed by atoms with Crippen LogP contribution < -0.4 is 16.2 Å². The average Bonchev–Trinajstić information content (AvgIpc) is 3.33. The number of para-hydroxylation sites is 1. The number of fused-ring (bicyclic) bond motifs is 1. The number of hydrogen-bond donors (Lipinski definition) is 2. The van der Waals surface area contributed by atoms with Gasteiger partial charge >= 0.3 is 0 Å². The topological polar surface area (TPSA) is 93.1 Å². The Kier molecular flexibility index (Phi) is 5.67. The summed E-state index contributed by atoms with van der Waals surface area (Å²) in [4.78, 5) is 44.2. The predicted molar refractivity (Wildman–Crippen MR) is 118 cm³/mol. The summed E-state index contributed by atoms with van der Waals surface area (Å²) in [5.74, 6) is -0.577. The Bertz CT molecular complexity index is 1170. The van der Waals surface area contributed by atoms with Crippen molar-refractivity contribution in [1.82, 2.24) is 14.9 Å². The van der Waals surface area contributed by atoms with Gasteiger partial charge in [0.05, 0.1) is 23.0 Å². The molecule has 0 bridgehead atoms. The van der Waals surface area contributed by atoms with Gasteiger partial charge < -0.3 is 10.6 Å². The molecule has 0 saturated heterocycles. The second kappa shape index (κ2) is 8.39. The number of rotatable bonds is 5. The van der Waals surface area contributed by atoms with Crippen molar-refractivity contribution in [2.75, 3.05) is 5.32 Å². The van der Waals surface area contributed by atoms with Gasteiger partial charge in [-0.1, -0.05) is 25.0 Å². The molecule has 1 aliphatic rings. The molecule has 2 heterocycles. The number of nitrogens with zero attached hydrogens (tertiary/aromatic N) is 2. The van der Waals surface area contributed by atoms with Gasteiger partial charge in [0.15, 0.2) is 0 Å². The minimum absolute atomic E-state index is 0.172. The summed E-state index contributed by atoms with van der Waals surface area (Å²) in [6, 6.07) is 7.10. The van der Waals surface area contributed by atoms with E-state index in [-0.39, 0.29) is 30.0 Å². The normalized spacial score (nSPS) is 14.2. The highest BCUT2D eigenvalue weighted by molar-refractivity contribution is 7.18. The number of amides is 2. The van der Waals surface area contributed by atoms with E-state index in [0.717, 1.165) is 36.1 Å². The monoisotopic (exact) mass is 424 g/mol. The van der Waals surface area contributed by atoms with Crippen LogP contribution in [0.25, 0.3) is 10.2 Å². The molecule has 30 heavy (non-hydrogen) atoms. The minimum atomic E-state index is -0.385. The van der Waals surface area contributed by atoms with Crippen molar-refractivity contribution in [3.63, 3.8) is 0 Å². The molecule has 4 rings (SSSR count). The van der Waals surface area contributed by atoms with Crippen molar-refractivity contribution in [3.8, 4) is 0 Å².